The van der Waals surface area contributed by atoms with Gasteiger partial charge in [-0.05, 0) is 31.8 Å². The molecule has 0 radical (unpaired) electrons. The van der Waals surface area contributed by atoms with Gasteiger partial charge in [-0.2, -0.15) is 0 Å². The van der Waals surface area contributed by atoms with Gasteiger partial charge in [0.05, 0.1) is 25.2 Å². The zero-order valence-electron chi connectivity index (χ0n) is 12.1. The highest BCUT2D eigenvalue weighted by Crippen LogP contribution is 2.30. The molecule has 0 bridgehead atoms. The van der Waals surface area contributed by atoms with Crippen molar-refractivity contribution in [1.29, 1.82) is 0 Å². The molecule has 2 saturated heterocycles. The molecular formula is C14H26N2O3. The van der Waals surface area contributed by atoms with Crippen LogP contribution in [0.3, 0.4) is 0 Å². The number of amides is 1. The second-order valence-corrected chi connectivity index (χ2v) is 6.36. The van der Waals surface area contributed by atoms with E-state index in [1.807, 2.05) is 14.1 Å². The van der Waals surface area contributed by atoms with Crippen LogP contribution in [0.5, 0.6) is 0 Å². The first-order valence-corrected chi connectivity index (χ1v) is 7.16. The smallest absolute Gasteiger partial charge is 0.222 e. The van der Waals surface area contributed by atoms with Gasteiger partial charge >= 0.3 is 0 Å². The molecule has 0 aromatic rings. The number of nitrogens with zero attached hydrogens (tertiary/aromatic N) is 2. The van der Waals surface area contributed by atoms with Crippen LogP contribution in [0.25, 0.3) is 0 Å². The molecule has 1 N–H and O–H groups in total. The van der Waals surface area contributed by atoms with E-state index in [0.717, 1.165) is 32.5 Å². The van der Waals surface area contributed by atoms with Gasteiger partial charge < -0.3 is 19.6 Å². The number of aliphatic hydroxyl groups is 1. The lowest BCUT2D eigenvalue weighted by atomic mass is 9.84. The predicted molar refractivity (Wildman–Crippen MR) is 72.8 cm³/mol. The Morgan fingerprint density at radius 3 is 2.42 bits per heavy atom. The van der Waals surface area contributed by atoms with Crippen molar-refractivity contribution in [3.05, 3.63) is 0 Å². The van der Waals surface area contributed by atoms with Crippen molar-refractivity contribution in [1.82, 2.24) is 9.80 Å². The first kappa shape index (κ1) is 14.8. The molecule has 5 heteroatoms. The fraction of sp³-hybridized carbons (Fsp3) is 0.929. The molecule has 2 heterocycles. The van der Waals surface area contributed by atoms with Gasteiger partial charge in [0, 0.05) is 27.1 Å². The highest BCUT2D eigenvalue weighted by atomic mass is 16.5. The van der Waals surface area contributed by atoms with Gasteiger partial charge in [0.25, 0.3) is 0 Å². The fourth-order valence-electron chi connectivity index (χ4n) is 2.88. The highest BCUT2D eigenvalue weighted by Gasteiger charge is 2.40. The number of piperidine rings is 1. The molecular weight excluding hydrogens is 244 g/mol. The minimum absolute atomic E-state index is 0.0215. The Morgan fingerprint density at radius 2 is 2.00 bits per heavy atom. The maximum Gasteiger partial charge on any atom is 0.222 e. The Hall–Kier alpha value is -0.650. The third-order valence-electron chi connectivity index (χ3n) is 4.38. The molecule has 0 aromatic carbocycles. The minimum Gasteiger partial charge on any atom is -0.396 e. The third kappa shape index (κ3) is 3.68. The van der Waals surface area contributed by atoms with Gasteiger partial charge in [0.2, 0.25) is 5.91 Å². The molecule has 1 amide bonds. The summed E-state index contributed by atoms with van der Waals surface area (Å²) in [6.07, 6.45) is 2.85. The molecule has 0 aromatic heterocycles. The number of carbonyl (C=O) groups excluding carboxylic acids is 1. The molecule has 0 aliphatic carbocycles. The van der Waals surface area contributed by atoms with Gasteiger partial charge in [0.1, 0.15) is 0 Å². The molecule has 0 spiro atoms. The monoisotopic (exact) mass is 270 g/mol. The summed E-state index contributed by atoms with van der Waals surface area (Å²) in [5.74, 6) is 0.756. The number of hydrogen-bond donors (Lipinski definition) is 1. The van der Waals surface area contributed by atoms with Crippen LogP contribution in [0.1, 0.15) is 19.3 Å². The fourth-order valence-corrected chi connectivity index (χ4v) is 2.88. The zero-order chi connectivity index (χ0) is 13.9. The molecule has 0 unspecified atom stereocenters. The molecule has 2 rings (SSSR count). The topological polar surface area (TPSA) is 53.0 Å². The summed E-state index contributed by atoms with van der Waals surface area (Å²) >= 11 is 0. The van der Waals surface area contributed by atoms with Crippen molar-refractivity contribution >= 4 is 5.91 Å². The Kier molecular flexibility index (Phi) is 4.81. The van der Waals surface area contributed by atoms with Crippen LogP contribution in [0.15, 0.2) is 0 Å². The highest BCUT2D eigenvalue weighted by molar-refractivity contribution is 5.75. The quantitative estimate of drug-likeness (QED) is 0.774. The summed E-state index contributed by atoms with van der Waals surface area (Å²) in [6.45, 7) is 4.58. The van der Waals surface area contributed by atoms with E-state index in [0.29, 0.717) is 25.6 Å². The van der Waals surface area contributed by atoms with Crippen LogP contribution in [0, 0.1) is 11.3 Å². The minimum atomic E-state index is -0.0215. The lowest BCUT2D eigenvalue weighted by Crippen LogP contribution is -2.54. The van der Waals surface area contributed by atoms with Crippen molar-refractivity contribution in [3.8, 4) is 0 Å². The Bertz CT molecular complexity index is 302. The van der Waals surface area contributed by atoms with Gasteiger partial charge in [0.15, 0.2) is 0 Å². The van der Waals surface area contributed by atoms with E-state index in [-0.39, 0.29) is 17.9 Å². The van der Waals surface area contributed by atoms with Gasteiger partial charge in [-0.15, -0.1) is 0 Å². The van der Waals surface area contributed by atoms with Crippen molar-refractivity contribution in [2.24, 2.45) is 11.3 Å². The first-order chi connectivity index (χ1) is 9.04. The average molecular weight is 270 g/mol. The van der Waals surface area contributed by atoms with Gasteiger partial charge in [-0.25, -0.2) is 0 Å². The SMILES string of the molecule is CN(C)C(=O)CC1CCN(CC2(CO)COC2)CC1. The second kappa shape index (κ2) is 6.20. The third-order valence-corrected chi connectivity index (χ3v) is 4.38. The normalized spacial score (nSPS) is 23.9. The molecule has 2 fully saturated rings. The predicted octanol–water partition coefficient (Wildman–Crippen LogP) is 0.186. The Labute approximate surface area is 115 Å². The maximum absolute atomic E-state index is 11.7. The number of aliphatic hydroxyl groups excluding tert-OH is 1. The van der Waals surface area contributed by atoms with Crippen LogP contribution >= 0.6 is 0 Å². The van der Waals surface area contributed by atoms with E-state index in [1.165, 1.54) is 0 Å². The second-order valence-electron chi connectivity index (χ2n) is 6.36. The van der Waals surface area contributed by atoms with E-state index < -0.39 is 0 Å². The largest absolute Gasteiger partial charge is 0.396 e. The van der Waals surface area contributed by atoms with Crippen molar-refractivity contribution in [2.45, 2.75) is 19.3 Å². The van der Waals surface area contributed by atoms with Crippen LogP contribution in [-0.4, -0.2) is 74.4 Å². The molecule has 2 aliphatic heterocycles. The van der Waals surface area contributed by atoms with Gasteiger partial charge in [-0.1, -0.05) is 0 Å². The number of carbonyl (C=O) groups is 1. The summed E-state index contributed by atoms with van der Waals surface area (Å²) in [5.41, 5.74) is -0.0215. The lowest BCUT2D eigenvalue weighted by molar-refractivity contribution is -0.150. The van der Waals surface area contributed by atoms with Crippen molar-refractivity contribution < 1.29 is 14.6 Å². The summed E-state index contributed by atoms with van der Waals surface area (Å²) in [5, 5.41) is 9.44. The summed E-state index contributed by atoms with van der Waals surface area (Å²) in [6, 6.07) is 0. The van der Waals surface area contributed by atoms with E-state index >= 15 is 0 Å². The molecule has 19 heavy (non-hydrogen) atoms. The molecule has 0 atom stereocenters. The average Bonchev–Trinajstić information content (AvgIpc) is 2.35. The molecule has 5 nitrogen and oxygen atoms in total. The number of rotatable bonds is 5. The molecule has 2 aliphatic rings. The zero-order valence-corrected chi connectivity index (χ0v) is 12.1. The summed E-state index contributed by atoms with van der Waals surface area (Å²) in [7, 11) is 3.64. The van der Waals surface area contributed by atoms with Crippen LogP contribution in [-0.2, 0) is 9.53 Å². The van der Waals surface area contributed by atoms with E-state index in [9.17, 15) is 9.90 Å². The number of likely N-dealkylation sites (tertiary alicyclic amines) is 1. The van der Waals surface area contributed by atoms with Crippen LogP contribution in [0.4, 0.5) is 0 Å². The standard InChI is InChI=1S/C14H26N2O3/c1-15(2)13(18)7-12-3-5-16(6-4-12)8-14(9-17)10-19-11-14/h12,17H,3-11H2,1-2H3. The molecule has 110 valence electrons. The lowest BCUT2D eigenvalue weighted by Gasteiger charge is -2.45. The van der Waals surface area contributed by atoms with E-state index in [2.05, 4.69) is 4.90 Å². The summed E-state index contributed by atoms with van der Waals surface area (Å²) < 4.78 is 5.23. The maximum atomic E-state index is 11.7. The van der Waals surface area contributed by atoms with Crippen molar-refractivity contribution in [3.63, 3.8) is 0 Å². The van der Waals surface area contributed by atoms with Crippen molar-refractivity contribution in [2.75, 3.05) is 53.6 Å². The van der Waals surface area contributed by atoms with Crippen LogP contribution in [0.2, 0.25) is 0 Å². The Balaban J connectivity index is 1.72. The number of hydrogen-bond acceptors (Lipinski definition) is 4. The van der Waals surface area contributed by atoms with E-state index in [4.69, 9.17) is 4.74 Å². The van der Waals surface area contributed by atoms with Gasteiger partial charge in [-0.3, -0.25) is 4.79 Å². The van der Waals surface area contributed by atoms with E-state index in [1.54, 1.807) is 4.90 Å². The first-order valence-electron chi connectivity index (χ1n) is 7.16. The summed E-state index contributed by atoms with van der Waals surface area (Å²) in [4.78, 5) is 15.8. The number of ether oxygens (including phenoxy) is 1. The van der Waals surface area contributed by atoms with Crippen LogP contribution < -0.4 is 0 Å². The Morgan fingerprint density at radius 1 is 1.37 bits per heavy atom. The molecule has 0 saturated carbocycles.